The zero-order valence-corrected chi connectivity index (χ0v) is 13.8. The molecule has 0 radical (unpaired) electrons. The molecule has 128 valence electrons. The fraction of sp³-hybridized carbons (Fsp3) is 0.500. The van der Waals surface area contributed by atoms with Crippen molar-refractivity contribution in [2.75, 3.05) is 32.8 Å². The summed E-state index contributed by atoms with van der Waals surface area (Å²) in [5.41, 5.74) is 2.16. The van der Waals surface area contributed by atoms with Crippen molar-refractivity contribution in [2.45, 2.75) is 26.2 Å². The summed E-state index contributed by atoms with van der Waals surface area (Å²) >= 11 is 0. The predicted molar refractivity (Wildman–Crippen MR) is 88.8 cm³/mol. The van der Waals surface area contributed by atoms with E-state index in [-0.39, 0.29) is 5.82 Å². The Morgan fingerprint density at radius 2 is 1.92 bits per heavy atom. The average molecular weight is 330 g/mol. The molecule has 2 aliphatic heterocycles. The molecule has 1 aromatic carbocycles. The topological polar surface area (TPSA) is 33.5 Å². The molecule has 5 nitrogen and oxygen atoms in total. The highest BCUT2D eigenvalue weighted by atomic mass is 19.1. The number of imidazole rings is 1. The van der Waals surface area contributed by atoms with E-state index in [0.717, 1.165) is 76.1 Å². The second kappa shape index (κ2) is 7.01. The summed E-state index contributed by atoms with van der Waals surface area (Å²) in [5, 5.41) is 0. The van der Waals surface area contributed by atoms with Gasteiger partial charge in [-0.1, -0.05) is 12.1 Å². The maximum absolute atomic E-state index is 13.3. The van der Waals surface area contributed by atoms with Gasteiger partial charge in [0.1, 0.15) is 11.6 Å². The van der Waals surface area contributed by atoms with Crippen LogP contribution in [0.2, 0.25) is 0 Å². The molecule has 0 atom stereocenters. The minimum atomic E-state index is -0.168. The Kier molecular flexibility index (Phi) is 4.60. The summed E-state index contributed by atoms with van der Waals surface area (Å²) < 4.78 is 21.0. The smallest absolute Gasteiger partial charge is 0.123 e. The molecule has 4 rings (SSSR count). The molecule has 0 saturated carbocycles. The molecule has 6 heteroatoms. The van der Waals surface area contributed by atoms with Gasteiger partial charge < -0.3 is 9.30 Å². The van der Waals surface area contributed by atoms with E-state index in [9.17, 15) is 4.39 Å². The number of ether oxygens (including phenoxy) is 1. The minimum Gasteiger partial charge on any atom is -0.379 e. The first-order chi connectivity index (χ1) is 11.8. The minimum absolute atomic E-state index is 0.168. The summed E-state index contributed by atoms with van der Waals surface area (Å²) in [7, 11) is 0. The van der Waals surface area contributed by atoms with Gasteiger partial charge in [-0.2, -0.15) is 0 Å². The third-order valence-corrected chi connectivity index (χ3v) is 4.72. The molecule has 0 bridgehead atoms. The Labute approximate surface area is 141 Å². The zero-order chi connectivity index (χ0) is 16.4. The first-order valence-corrected chi connectivity index (χ1v) is 8.58. The normalized spacial score (nSPS) is 19.4. The molecular formula is C18H23FN4O. The Balaban J connectivity index is 1.39. The van der Waals surface area contributed by atoms with Crippen molar-refractivity contribution in [3.8, 4) is 0 Å². The Hall–Kier alpha value is -1.76. The van der Waals surface area contributed by atoms with Gasteiger partial charge in [-0.25, -0.2) is 9.37 Å². The molecule has 2 aliphatic rings. The first-order valence-electron chi connectivity index (χ1n) is 8.58. The SMILES string of the molecule is Fc1cccc(CN2CCn3cc(CN4CCOCC4)nc3C2)c1. The zero-order valence-electron chi connectivity index (χ0n) is 13.8. The van der Waals surface area contributed by atoms with Crippen LogP contribution < -0.4 is 0 Å². The van der Waals surface area contributed by atoms with E-state index in [1.807, 2.05) is 6.07 Å². The van der Waals surface area contributed by atoms with Crippen molar-refractivity contribution < 1.29 is 9.13 Å². The fourth-order valence-electron chi connectivity index (χ4n) is 3.45. The second-order valence-electron chi connectivity index (χ2n) is 6.57. The lowest BCUT2D eigenvalue weighted by Crippen LogP contribution is -2.35. The van der Waals surface area contributed by atoms with Crippen molar-refractivity contribution in [2.24, 2.45) is 0 Å². The van der Waals surface area contributed by atoms with E-state index in [1.54, 1.807) is 12.1 Å². The van der Waals surface area contributed by atoms with E-state index in [0.29, 0.717) is 0 Å². The summed E-state index contributed by atoms with van der Waals surface area (Å²) in [6, 6.07) is 6.86. The maximum Gasteiger partial charge on any atom is 0.123 e. The third kappa shape index (κ3) is 3.66. The number of hydrogen-bond acceptors (Lipinski definition) is 4. The molecule has 0 N–H and O–H groups in total. The van der Waals surface area contributed by atoms with Crippen LogP contribution in [0.15, 0.2) is 30.5 Å². The van der Waals surface area contributed by atoms with Crippen molar-refractivity contribution in [3.05, 3.63) is 53.4 Å². The van der Waals surface area contributed by atoms with E-state index >= 15 is 0 Å². The summed E-state index contributed by atoms with van der Waals surface area (Å²) in [4.78, 5) is 9.54. The number of hydrogen-bond donors (Lipinski definition) is 0. The summed E-state index contributed by atoms with van der Waals surface area (Å²) in [6.45, 7) is 7.99. The molecule has 0 unspecified atom stereocenters. The van der Waals surface area contributed by atoms with Crippen LogP contribution in [-0.4, -0.2) is 52.2 Å². The molecular weight excluding hydrogens is 307 g/mol. The number of benzene rings is 1. The van der Waals surface area contributed by atoms with Crippen molar-refractivity contribution in [1.29, 1.82) is 0 Å². The van der Waals surface area contributed by atoms with E-state index in [2.05, 4.69) is 20.6 Å². The Bertz CT molecular complexity index is 696. The first kappa shape index (κ1) is 15.7. The Morgan fingerprint density at radius 1 is 1.04 bits per heavy atom. The van der Waals surface area contributed by atoms with Gasteiger partial charge in [0.2, 0.25) is 0 Å². The third-order valence-electron chi connectivity index (χ3n) is 4.72. The highest BCUT2D eigenvalue weighted by Crippen LogP contribution is 2.17. The largest absolute Gasteiger partial charge is 0.379 e. The molecule has 2 aromatic rings. The molecule has 3 heterocycles. The van der Waals surface area contributed by atoms with Crippen LogP contribution in [0.4, 0.5) is 4.39 Å². The highest BCUT2D eigenvalue weighted by Gasteiger charge is 2.20. The Morgan fingerprint density at radius 3 is 2.75 bits per heavy atom. The highest BCUT2D eigenvalue weighted by molar-refractivity contribution is 5.16. The van der Waals surface area contributed by atoms with Gasteiger partial charge in [-0.15, -0.1) is 0 Å². The number of nitrogens with zero attached hydrogens (tertiary/aromatic N) is 4. The molecule has 1 fully saturated rings. The van der Waals surface area contributed by atoms with Gasteiger partial charge in [0.15, 0.2) is 0 Å². The lowest BCUT2D eigenvalue weighted by atomic mass is 10.2. The van der Waals surface area contributed by atoms with E-state index < -0.39 is 0 Å². The average Bonchev–Trinajstić information content (AvgIpc) is 2.97. The number of rotatable bonds is 4. The molecule has 1 aromatic heterocycles. The van der Waals surface area contributed by atoms with Crippen LogP contribution in [0.3, 0.4) is 0 Å². The standard InChI is InChI=1S/C18H23FN4O/c19-16-3-1-2-15(10-16)11-22-4-5-23-13-17(20-18(23)14-22)12-21-6-8-24-9-7-21/h1-3,10,13H,4-9,11-12,14H2. The van der Waals surface area contributed by atoms with Crippen molar-refractivity contribution >= 4 is 0 Å². The predicted octanol–water partition coefficient (Wildman–Crippen LogP) is 1.87. The molecule has 1 saturated heterocycles. The number of fused-ring (bicyclic) bond motifs is 1. The second-order valence-corrected chi connectivity index (χ2v) is 6.57. The van der Waals surface area contributed by atoms with Crippen LogP contribution in [0.25, 0.3) is 0 Å². The molecule has 0 spiro atoms. The number of halogens is 1. The number of morpholine rings is 1. The van der Waals surface area contributed by atoms with E-state index in [1.165, 1.54) is 6.07 Å². The van der Waals surface area contributed by atoms with Crippen LogP contribution in [0.5, 0.6) is 0 Å². The van der Waals surface area contributed by atoms with Crippen molar-refractivity contribution in [1.82, 2.24) is 19.4 Å². The molecule has 0 aliphatic carbocycles. The quantitative estimate of drug-likeness (QED) is 0.857. The number of aromatic nitrogens is 2. The summed E-state index contributed by atoms with van der Waals surface area (Å²) in [5.74, 6) is 0.944. The molecule has 24 heavy (non-hydrogen) atoms. The fourth-order valence-corrected chi connectivity index (χ4v) is 3.45. The van der Waals surface area contributed by atoms with Crippen LogP contribution >= 0.6 is 0 Å². The van der Waals surface area contributed by atoms with Gasteiger partial charge >= 0.3 is 0 Å². The maximum atomic E-state index is 13.3. The van der Waals surface area contributed by atoms with Gasteiger partial charge in [-0.05, 0) is 17.7 Å². The van der Waals surface area contributed by atoms with Gasteiger partial charge in [0, 0.05) is 45.5 Å². The van der Waals surface area contributed by atoms with Crippen molar-refractivity contribution in [3.63, 3.8) is 0 Å². The summed E-state index contributed by atoms with van der Waals surface area (Å²) in [6.07, 6.45) is 2.18. The van der Waals surface area contributed by atoms with Crippen LogP contribution in [-0.2, 0) is 30.9 Å². The van der Waals surface area contributed by atoms with Crippen LogP contribution in [0.1, 0.15) is 17.1 Å². The van der Waals surface area contributed by atoms with Gasteiger partial charge in [0.25, 0.3) is 0 Å². The monoisotopic (exact) mass is 330 g/mol. The van der Waals surface area contributed by atoms with Crippen LogP contribution in [0, 0.1) is 5.82 Å². The van der Waals surface area contributed by atoms with Gasteiger partial charge in [0.05, 0.1) is 25.5 Å². The molecule has 0 amide bonds. The van der Waals surface area contributed by atoms with Gasteiger partial charge in [-0.3, -0.25) is 9.80 Å². The lowest BCUT2D eigenvalue weighted by Gasteiger charge is -2.27. The lowest BCUT2D eigenvalue weighted by molar-refractivity contribution is 0.0337. The van der Waals surface area contributed by atoms with E-state index in [4.69, 9.17) is 9.72 Å².